The first-order valence-corrected chi connectivity index (χ1v) is 5.24. The fourth-order valence-electron chi connectivity index (χ4n) is 0.894. The van der Waals surface area contributed by atoms with E-state index in [2.05, 4.69) is 46.7 Å². The smallest absolute Gasteiger partial charge is 0.118 e. The molecule has 13 heavy (non-hydrogen) atoms. The van der Waals surface area contributed by atoms with Crippen molar-refractivity contribution in [1.82, 2.24) is 14.8 Å². The van der Waals surface area contributed by atoms with Crippen molar-refractivity contribution < 1.29 is 4.84 Å². The van der Waals surface area contributed by atoms with Gasteiger partial charge in [-0.25, -0.2) is 0 Å². The predicted molar refractivity (Wildman–Crippen MR) is 59.6 cm³/mol. The van der Waals surface area contributed by atoms with Crippen molar-refractivity contribution in [1.29, 1.82) is 0 Å². The summed E-state index contributed by atoms with van der Waals surface area (Å²) in [5.41, 5.74) is 0. The molecule has 0 aliphatic heterocycles. The van der Waals surface area contributed by atoms with Crippen molar-refractivity contribution in [2.75, 3.05) is 27.2 Å². The molecule has 0 aliphatic carbocycles. The molecule has 0 amide bonds. The normalized spacial score (nSPS) is 10.8. The Bertz CT molecular complexity index is 249. The Morgan fingerprint density at radius 2 is 2.38 bits per heavy atom. The quantitative estimate of drug-likeness (QED) is 0.596. The molecule has 0 aliphatic rings. The van der Waals surface area contributed by atoms with E-state index in [4.69, 9.17) is 4.84 Å². The summed E-state index contributed by atoms with van der Waals surface area (Å²) in [6.45, 7) is 1.74. The minimum atomic E-state index is 0.704. The van der Waals surface area contributed by atoms with Gasteiger partial charge in [-0.2, -0.15) is 0 Å². The highest BCUT2D eigenvalue weighted by atomic mass is 127. The van der Waals surface area contributed by atoms with E-state index in [9.17, 15) is 0 Å². The van der Waals surface area contributed by atoms with Crippen LogP contribution in [0.3, 0.4) is 0 Å². The topological polar surface area (TPSA) is 30.3 Å². The number of hydrogen-bond acceptors (Lipinski definition) is 3. The van der Waals surface area contributed by atoms with Gasteiger partial charge in [-0.1, -0.05) is 0 Å². The molecule has 0 atom stereocenters. The van der Waals surface area contributed by atoms with Crippen molar-refractivity contribution in [2.24, 2.45) is 0 Å². The maximum absolute atomic E-state index is 5.35. The molecule has 0 fully saturated rings. The Labute approximate surface area is 92.0 Å². The van der Waals surface area contributed by atoms with Crippen LogP contribution in [0.15, 0.2) is 12.4 Å². The van der Waals surface area contributed by atoms with Crippen molar-refractivity contribution in [3.63, 3.8) is 0 Å². The Kier molecular flexibility index (Phi) is 4.51. The molecule has 74 valence electrons. The van der Waals surface area contributed by atoms with Gasteiger partial charge in [0.15, 0.2) is 0 Å². The van der Waals surface area contributed by atoms with Gasteiger partial charge < -0.3 is 9.74 Å². The first-order valence-electron chi connectivity index (χ1n) is 4.16. The van der Waals surface area contributed by atoms with Gasteiger partial charge in [0.05, 0.1) is 16.0 Å². The zero-order valence-electron chi connectivity index (χ0n) is 7.90. The third-order valence-corrected chi connectivity index (χ3v) is 2.06. The van der Waals surface area contributed by atoms with Crippen LogP contribution < -0.4 is 4.84 Å². The zero-order chi connectivity index (χ0) is 9.68. The number of rotatable bonds is 5. The van der Waals surface area contributed by atoms with Crippen LogP contribution in [0.25, 0.3) is 0 Å². The molecule has 1 aromatic rings. The van der Waals surface area contributed by atoms with Crippen LogP contribution in [0.1, 0.15) is 6.42 Å². The lowest BCUT2D eigenvalue weighted by Gasteiger charge is -2.09. The second-order valence-electron chi connectivity index (χ2n) is 3.05. The average molecular weight is 295 g/mol. The molecule has 1 rings (SSSR count). The largest absolute Gasteiger partial charge is 0.397 e. The Hall–Kier alpha value is -0.300. The molecule has 0 aromatic carbocycles. The maximum Gasteiger partial charge on any atom is 0.118 e. The van der Waals surface area contributed by atoms with E-state index in [1.54, 1.807) is 6.20 Å². The SMILES string of the molecule is CN(C)CCCOn1cc(I)cn1. The fraction of sp³-hybridized carbons (Fsp3) is 0.625. The molecule has 0 saturated heterocycles. The van der Waals surface area contributed by atoms with Crippen molar-refractivity contribution in [3.8, 4) is 0 Å². The molecule has 0 spiro atoms. The molecule has 0 radical (unpaired) electrons. The summed E-state index contributed by atoms with van der Waals surface area (Å²) in [4.78, 5) is 9.00. The van der Waals surface area contributed by atoms with Gasteiger partial charge in [0.25, 0.3) is 0 Å². The fourth-order valence-corrected chi connectivity index (χ4v) is 1.26. The van der Waals surface area contributed by atoms with Crippen LogP contribution in [0.2, 0.25) is 0 Å². The summed E-state index contributed by atoms with van der Waals surface area (Å²) in [6, 6.07) is 0. The first kappa shape index (κ1) is 10.8. The lowest BCUT2D eigenvalue weighted by molar-refractivity contribution is 0.0769. The minimum Gasteiger partial charge on any atom is -0.397 e. The third kappa shape index (κ3) is 4.47. The number of hydrogen-bond donors (Lipinski definition) is 0. The molecule has 1 aromatic heterocycles. The van der Waals surface area contributed by atoms with E-state index in [-0.39, 0.29) is 0 Å². The van der Waals surface area contributed by atoms with E-state index in [0.717, 1.165) is 16.5 Å². The Balaban J connectivity index is 2.13. The number of nitrogens with zero attached hydrogens (tertiary/aromatic N) is 3. The molecule has 1 heterocycles. The molecular formula is C8H14IN3O. The van der Waals surface area contributed by atoms with Gasteiger partial charge >= 0.3 is 0 Å². The van der Waals surface area contributed by atoms with Crippen LogP contribution in [0.5, 0.6) is 0 Å². The van der Waals surface area contributed by atoms with Gasteiger partial charge in [0.1, 0.15) is 6.61 Å². The molecular weight excluding hydrogens is 281 g/mol. The molecule has 0 bridgehead atoms. The van der Waals surface area contributed by atoms with Gasteiger partial charge in [-0.15, -0.1) is 9.94 Å². The molecule has 0 N–H and O–H groups in total. The molecule has 0 unspecified atom stereocenters. The number of aromatic nitrogens is 2. The molecule has 0 saturated carbocycles. The lowest BCUT2D eigenvalue weighted by Crippen LogP contribution is -2.19. The summed E-state index contributed by atoms with van der Waals surface area (Å²) >= 11 is 2.20. The average Bonchev–Trinajstić information content (AvgIpc) is 2.45. The van der Waals surface area contributed by atoms with Gasteiger partial charge in [-0.05, 0) is 43.1 Å². The predicted octanol–water partition coefficient (Wildman–Crippen LogP) is 0.868. The Morgan fingerprint density at radius 3 is 2.92 bits per heavy atom. The van der Waals surface area contributed by atoms with Crippen LogP contribution in [-0.2, 0) is 0 Å². The monoisotopic (exact) mass is 295 g/mol. The Morgan fingerprint density at radius 1 is 1.62 bits per heavy atom. The van der Waals surface area contributed by atoms with E-state index in [0.29, 0.717) is 6.61 Å². The van der Waals surface area contributed by atoms with Gasteiger partial charge in [-0.3, -0.25) is 0 Å². The summed E-state index contributed by atoms with van der Waals surface area (Å²) in [5.74, 6) is 0. The second kappa shape index (κ2) is 5.43. The summed E-state index contributed by atoms with van der Waals surface area (Å²) < 4.78 is 1.09. The second-order valence-corrected chi connectivity index (χ2v) is 4.30. The van der Waals surface area contributed by atoms with Gasteiger partial charge in [0.2, 0.25) is 0 Å². The van der Waals surface area contributed by atoms with Crippen LogP contribution in [0.4, 0.5) is 0 Å². The van der Waals surface area contributed by atoms with Crippen molar-refractivity contribution in [2.45, 2.75) is 6.42 Å². The van der Waals surface area contributed by atoms with E-state index >= 15 is 0 Å². The first-order chi connectivity index (χ1) is 6.18. The highest BCUT2D eigenvalue weighted by Crippen LogP contribution is 1.99. The van der Waals surface area contributed by atoms with Crippen LogP contribution in [0, 0.1) is 3.57 Å². The molecule has 4 nitrogen and oxygen atoms in total. The van der Waals surface area contributed by atoms with Gasteiger partial charge in [0, 0.05) is 6.54 Å². The highest BCUT2D eigenvalue weighted by Gasteiger charge is 1.95. The summed E-state index contributed by atoms with van der Waals surface area (Å²) in [6.07, 6.45) is 4.65. The summed E-state index contributed by atoms with van der Waals surface area (Å²) in [5, 5.41) is 4.01. The lowest BCUT2D eigenvalue weighted by atomic mass is 10.4. The molecule has 5 heteroatoms. The van der Waals surface area contributed by atoms with Crippen LogP contribution in [-0.4, -0.2) is 42.1 Å². The zero-order valence-corrected chi connectivity index (χ0v) is 10.1. The van der Waals surface area contributed by atoms with E-state index < -0.39 is 0 Å². The summed E-state index contributed by atoms with van der Waals surface area (Å²) in [7, 11) is 4.10. The van der Waals surface area contributed by atoms with Crippen molar-refractivity contribution in [3.05, 3.63) is 16.0 Å². The maximum atomic E-state index is 5.35. The third-order valence-electron chi connectivity index (χ3n) is 1.50. The van der Waals surface area contributed by atoms with E-state index in [1.807, 2.05) is 6.20 Å². The van der Waals surface area contributed by atoms with E-state index in [1.165, 1.54) is 4.85 Å². The highest BCUT2D eigenvalue weighted by molar-refractivity contribution is 14.1. The van der Waals surface area contributed by atoms with Crippen molar-refractivity contribution >= 4 is 22.6 Å². The number of halogens is 1. The van der Waals surface area contributed by atoms with Crippen LogP contribution >= 0.6 is 22.6 Å². The minimum absolute atomic E-state index is 0.704. The standard InChI is InChI=1S/C8H14IN3O/c1-11(2)4-3-5-13-12-7-8(9)6-10-12/h6-7H,3-5H2,1-2H3.